The number of phenolic OH excluding ortho intramolecular Hbond substituents is 1. The third kappa shape index (κ3) is 2.87. The van der Waals surface area contributed by atoms with E-state index in [1.54, 1.807) is 12.1 Å². The molecule has 0 aliphatic rings. The molecule has 5 heteroatoms. The molecule has 1 rings (SSSR count). The van der Waals surface area contributed by atoms with E-state index < -0.39 is 11.5 Å². The molecule has 1 unspecified atom stereocenters. The van der Waals surface area contributed by atoms with Gasteiger partial charge >= 0.3 is 5.97 Å². The lowest BCUT2D eigenvalue weighted by atomic mass is 9.94. The van der Waals surface area contributed by atoms with Crippen LogP contribution in [-0.4, -0.2) is 27.5 Å². The summed E-state index contributed by atoms with van der Waals surface area (Å²) in [6.45, 7) is 0. The Labute approximate surface area is 93.1 Å². The van der Waals surface area contributed by atoms with Gasteiger partial charge in [-0.2, -0.15) is 12.6 Å². The highest BCUT2D eigenvalue weighted by molar-refractivity contribution is 7.80. The van der Waals surface area contributed by atoms with Gasteiger partial charge in [-0.25, -0.2) is 0 Å². The van der Waals surface area contributed by atoms with Crippen molar-refractivity contribution >= 4 is 18.6 Å². The fourth-order valence-electron chi connectivity index (χ4n) is 1.18. The second-order valence-corrected chi connectivity index (χ2v) is 3.78. The highest BCUT2D eigenvalue weighted by Crippen LogP contribution is 2.16. The van der Waals surface area contributed by atoms with Crippen molar-refractivity contribution in [3.05, 3.63) is 29.8 Å². The van der Waals surface area contributed by atoms with E-state index in [0.29, 0.717) is 0 Å². The Balaban J connectivity index is 2.84. The van der Waals surface area contributed by atoms with E-state index >= 15 is 0 Å². The standard InChI is InChI=1S/C10H13NO3S/c11-10(6-15,9(13)14)5-7-1-3-8(12)4-2-7/h1-4,12,15H,5-6,11H2,(H,13,14). The zero-order chi connectivity index (χ0) is 11.5. The van der Waals surface area contributed by atoms with Crippen molar-refractivity contribution in [1.82, 2.24) is 0 Å². The van der Waals surface area contributed by atoms with Gasteiger partial charge in [0, 0.05) is 12.2 Å². The first kappa shape index (κ1) is 11.9. The van der Waals surface area contributed by atoms with Crippen LogP contribution in [0.3, 0.4) is 0 Å². The lowest BCUT2D eigenvalue weighted by Gasteiger charge is -2.22. The van der Waals surface area contributed by atoms with E-state index in [0.717, 1.165) is 5.56 Å². The first-order valence-corrected chi connectivity index (χ1v) is 5.02. The maximum Gasteiger partial charge on any atom is 0.324 e. The summed E-state index contributed by atoms with van der Waals surface area (Å²) in [4.78, 5) is 10.9. The molecule has 0 aliphatic carbocycles. The molecule has 1 aromatic carbocycles. The van der Waals surface area contributed by atoms with Crippen LogP contribution in [0, 0.1) is 0 Å². The van der Waals surface area contributed by atoms with E-state index in [1.165, 1.54) is 12.1 Å². The molecule has 4 nitrogen and oxygen atoms in total. The Morgan fingerprint density at radius 2 is 1.93 bits per heavy atom. The fraction of sp³-hybridized carbons (Fsp3) is 0.300. The van der Waals surface area contributed by atoms with Gasteiger partial charge in [0.1, 0.15) is 11.3 Å². The van der Waals surface area contributed by atoms with Crippen LogP contribution in [0.4, 0.5) is 0 Å². The lowest BCUT2D eigenvalue weighted by Crippen LogP contribution is -2.51. The van der Waals surface area contributed by atoms with Crippen LogP contribution in [0.25, 0.3) is 0 Å². The summed E-state index contributed by atoms with van der Waals surface area (Å²) in [5, 5.41) is 18.0. The van der Waals surface area contributed by atoms with Gasteiger partial charge in [-0.05, 0) is 17.7 Å². The van der Waals surface area contributed by atoms with Gasteiger partial charge in [0.15, 0.2) is 0 Å². The van der Waals surface area contributed by atoms with Gasteiger partial charge in [-0.15, -0.1) is 0 Å². The van der Waals surface area contributed by atoms with Gasteiger partial charge in [-0.1, -0.05) is 12.1 Å². The van der Waals surface area contributed by atoms with Gasteiger partial charge in [0.2, 0.25) is 0 Å². The molecule has 15 heavy (non-hydrogen) atoms. The Hall–Kier alpha value is -1.20. The Bertz CT molecular complexity index is 352. The van der Waals surface area contributed by atoms with Crippen molar-refractivity contribution < 1.29 is 15.0 Å². The fourth-order valence-corrected chi connectivity index (χ4v) is 1.42. The molecule has 0 spiro atoms. The monoisotopic (exact) mass is 227 g/mol. The van der Waals surface area contributed by atoms with E-state index in [9.17, 15) is 4.79 Å². The van der Waals surface area contributed by atoms with Gasteiger partial charge in [0.25, 0.3) is 0 Å². The van der Waals surface area contributed by atoms with Gasteiger partial charge in [0.05, 0.1) is 0 Å². The number of rotatable bonds is 4. The van der Waals surface area contributed by atoms with Crippen molar-refractivity contribution in [1.29, 1.82) is 0 Å². The van der Waals surface area contributed by atoms with Crippen molar-refractivity contribution in [2.24, 2.45) is 5.73 Å². The molecule has 0 amide bonds. The van der Waals surface area contributed by atoms with Gasteiger partial charge in [-0.3, -0.25) is 4.79 Å². The number of phenols is 1. The first-order valence-electron chi connectivity index (χ1n) is 4.39. The molecule has 1 aromatic rings. The topological polar surface area (TPSA) is 83.5 Å². The van der Waals surface area contributed by atoms with Crippen molar-refractivity contribution in [3.63, 3.8) is 0 Å². The highest BCUT2D eigenvalue weighted by atomic mass is 32.1. The summed E-state index contributed by atoms with van der Waals surface area (Å²) in [5.41, 5.74) is 5.07. The normalized spacial score (nSPS) is 14.5. The molecule has 0 saturated heterocycles. The summed E-state index contributed by atoms with van der Waals surface area (Å²) in [7, 11) is 0. The summed E-state index contributed by atoms with van der Waals surface area (Å²) < 4.78 is 0. The molecule has 82 valence electrons. The lowest BCUT2D eigenvalue weighted by molar-refractivity contribution is -0.142. The number of nitrogens with two attached hydrogens (primary N) is 1. The van der Waals surface area contributed by atoms with E-state index in [4.69, 9.17) is 15.9 Å². The smallest absolute Gasteiger partial charge is 0.324 e. The highest BCUT2D eigenvalue weighted by Gasteiger charge is 2.32. The van der Waals surface area contributed by atoms with Crippen LogP contribution in [0.15, 0.2) is 24.3 Å². The predicted molar refractivity (Wildman–Crippen MR) is 60.2 cm³/mol. The minimum atomic E-state index is -1.36. The van der Waals surface area contributed by atoms with Crippen molar-refractivity contribution in [2.45, 2.75) is 12.0 Å². The molecule has 0 aromatic heterocycles. The van der Waals surface area contributed by atoms with E-state index in [-0.39, 0.29) is 17.9 Å². The summed E-state index contributed by atoms with van der Waals surface area (Å²) in [6, 6.07) is 6.28. The number of carboxylic acids is 1. The van der Waals surface area contributed by atoms with Crippen molar-refractivity contribution in [3.8, 4) is 5.75 Å². The number of hydrogen-bond acceptors (Lipinski definition) is 4. The molecule has 0 bridgehead atoms. The zero-order valence-electron chi connectivity index (χ0n) is 8.05. The molecular weight excluding hydrogens is 214 g/mol. The Morgan fingerprint density at radius 3 is 2.33 bits per heavy atom. The first-order chi connectivity index (χ1) is 6.98. The maximum absolute atomic E-state index is 10.9. The third-order valence-corrected chi connectivity index (χ3v) is 2.73. The molecule has 0 radical (unpaired) electrons. The third-order valence-electron chi connectivity index (χ3n) is 2.16. The minimum absolute atomic E-state index is 0.0587. The average Bonchev–Trinajstić information content (AvgIpc) is 2.21. The summed E-state index contributed by atoms with van der Waals surface area (Å²) in [6.07, 6.45) is 0.187. The van der Waals surface area contributed by atoms with E-state index in [1.807, 2.05) is 0 Å². The number of thiol groups is 1. The largest absolute Gasteiger partial charge is 0.508 e. The second kappa shape index (κ2) is 4.55. The number of carboxylic acid groups (broad SMARTS) is 1. The number of aromatic hydroxyl groups is 1. The molecular formula is C10H13NO3S. The molecule has 0 saturated carbocycles. The van der Waals surface area contributed by atoms with Crippen molar-refractivity contribution in [2.75, 3.05) is 5.75 Å². The molecule has 0 aliphatic heterocycles. The maximum atomic E-state index is 10.9. The van der Waals surface area contributed by atoms with Gasteiger partial charge < -0.3 is 15.9 Å². The summed E-state index contributed by atoms with van der Waals surface area (Å²) in [5.74, 6) is -0.878. The predicted octanol–water partition coefficient (Wildman–Crippen LogP) is 0.647. The van der Waals surface area contributed by atoms with Crippen LogP contribution in [-0.2, 0) is 11.2 Å². The van der Waals surface area contributed by atoms with Crippen LogP contribution in [0.5, 0.6) is 5.75 Å². The molecule has 4 N–H and O–H groups in total. The second-order valence-electron chi connectivity index (χ2n) is 3.46. The number of carbonyl (C=O) groups is 1. The molecule has 0 heterocycles. The Morgan fingerprint density at radius 1 is 1.40 bits per heavy atom. The van der Waals surface area contributed by atoms with Crippen LogP contribution >= 0.6 is 12.6 Å². The number of hydrogen-bond donors (Lipinski definition) is 4. The number of aliphatic carboxylic acids is 1. The SMILES string of the molecule is NC(CS)(Cc1ccc(O)cc1)C(=O)O. The van der Waals surface area contributed by atoms with Crippen LogP contribution in [0.1, 0.15) is 5.56 Å². The molecule has 1 atom stereocenters. The Kier molecular flexibility index (Phi) is 3.60. The van der Waals surface area contributed by atoms with E-state index in [2.05, 4.69) is 12.6 Å². The molecule has 0 fully saturated rings. The minimum Gasteiger partial charge on any atom is -0.508 e. The summed E-state index contributed by atoms with van der Waals surface area (Å²) >= 11 is 3.94. The zero-order valence-corrected chi connectivity index (χ0v) is 8.95. The van der Waals surface area contributed by atoms with Crippen LogP contribution < -0.4 is 5.73 Å². The van der Waals surface area contributed by atoms with Crippen LogP contribution in [0.2, 0.25) is 0 Å². The average molecular weight is 227 g/mol. The number of benzene rings is 1. The quantitative estimate of drug-likeness (QED) is 0.569.